The molecule has 1 aliphatic rings. The van der Waals surface area contributed by atoms with Gasteiger partial charge in [-0.05, 0) is 36.1 Å². The first-order chi connectivity index (χ1) is 11.1. The van der Waals surface area contributed by atoms with Gasteiger partial charge in [0.1, 0.15) is 5.75 Å². The fourth-order valence-corrected chi connectivity index (χ4v) is 3.11. The van der Waals surface area contributed by atoms with Crippen molar-refractivity contribution in [1.82, 2.24) is 9.88 Å². The molecule has 1 aliphatic heterocycles. The van der Waals surface area contributed by atoms with E-state index in [1.54, 1.807) is 7.11 Å². The molecule has 1 amide bonds. The molecule has 0 aliphatic carbocycles. The molecule has 4 nitrogen and oxygen atoms in total. The molecule has 0 unspecified atom stereocenters. The summed E-state index contributed by atoms with van der Waals surface area (Å²) in [6.45, 7) is 5.68. The van der Waals surface area contributed by atoms with Gasteiger partial charge in [-0.1, -0.05) is 19.9 Å². The van der Waals surface area contributed by atoms with Crippen molar-refractivity contribution in [3.8, 4) is 5.75 Å². The molecule has 1 N–H and O–H groups in total. The fourth-order valence-electron chi connectivity index (χ4n) is 3.11. The molecular formula is C19H24N2O2. The minimum absolute atomic E-state index is 0.260. The van der Waals surface area contributed by atoms with Crippen molar-refractivity contribution in [3.05, 3.63) is 36.0 Å². The molecule has 0 atom stereocenters. The molecule has 122 valence electrons. The number of H-pyrrole nitrogens is 1. The van der Waals surface area contributed by atoms with E-state index in [1.807, 2.05) is 17.0 Å². The Bertz CT molecular complexity index is 743. The number of aromatic nitrogens is 1. The Labute approximate surface area is 137 Å². The summed E-state index contributed by atoms with van der Waals surface area (Å²) in [5.41, 5.74) is 3.63. The van der Waals surface area contributed by atoms with Gasteiger partial charge in [-0.25, -0.2) is 0 Å². The zero-order valence-electron chi connectivity index (χ0n) is 14.1. The number of carbonyl (C=O) groups is 1. The number of nitrogens with zero attached hydrogens (tertiary/aromatic N) is 1. The Kier molecular flexibility index (Phi) is 4.42. The molecule has 0 spiro atoms. The van der Waals surface area contributed by atoms with E-state index in [9.17, 15) is 4.79 Å². The summed E-state index contributed by atoms with van der Waals surface area (Å²) in [6.07, 6.45) is 5.77. The highest BCUT2D eigenvalue weighted by atomic mass is 16.5. The van der Waals surface area contributed by atoms with Crippen LogP contribution in [0.25, 0.3) is 16.5 Å². The van der Waals surface area contributed by atoms with Crippen LogP contribution in [0.1, 0.15) is 32.3 Å². The monoisotopic (exact) mass is 312 g/mol. The average Bonchev–Trinajstić information content (AvgIpc) is 2.97. The third kappa shape index (κ3) is 3.26. The molecule has 1 aromatic heterocycles. The van der Waals surface area contributed by atoms with Crippen molar-refractivity contribution in [2.45, 2.75) is 26.7 Å². The predicted octanol–water partition coefficient (Wildman–Crippen LogP) is 3.84. The Hall–Kier alpha value is -2.23. The summed E-state index contributed by atoms with van der Waals surface area (Å²) in [5.74, 6) is 1.54. The molecule has 1 aromatic carbocycles. The molecule has 2 heterocycles. The summed E-state index contributed by atoms with van der Waals surface area (Å²) >= 11 is 0. The normalized spacial score (nSPS) is 15.1. The van der Waals surface area contributed by atoms with E-state index in [4.69, 9.17) is 4.74 Å². The van der Waals surface area contributed by atoms with Crippen LogP contribution in [0.4, 0.5) is 0 Å². The van der Waals surface area contributed by atoms with Gasteiger partial charge in [-0.3, -0.25) is 4.79 Å². The minimum atomic E-state index is 0.260. The van der Waals surface area contributed by atoms with Gasteiger partial charge in [0.05, 0.1) is 7.11 Å². The van der Waals surface area contributed by atoms with Crippen LogP contribution >= 0.6 is 0 Å². The van der Waals surface area contributed by atoms with E-state index in [2.05, 4.69) is 37.2 Å². The lowest BCUT2D eigenvalue weighted by atomic mass is 9.98. The molecule has 23 heavy (non-hydrogen) atoms. The van der Waals surface area contributed by atoms with Gasteiger partial charge >= 0.3 is 0 Å². The number of amides is 1. The lowest BCUT2D eigenvalue weighted by molar-refractivity contribution is -0.131. The molecule has 0 saturated heterocycles. The third-order valence-electron chi connectivity index (χ3n) is 4.38. The first-order valence-electron chi connectivity index (χ1n) is 8.20. The molecule has 4 heteroatoms. The topological polar surface area (TPSA) is 45.3 Å². The summed E-state index contributed by atoms with van der Waals surface area (Å²) in [4.78, 5) is 17.4. The Morgan fingerprint density at radius 1 is 1.39 bits per heavy atom. The molecular weight excluding hydrogens is 288 g/mol. The number of ether oxygens (including phenoxy) is 1. The Balaban J connectivity index is 1.81. The van der Waals surface area contributed by atoms with Crippen molar-refractivity contribution in [2.75, 3.05) is 20.2 Å². The minimum Gasteiger partial charge on any atom is -0.497 e. The standard InChI is InChI=1S/C19H24N2O2/c1-13(2)10-19(22)21-8-6-14(7-9-21)17-12-20-18-5-4-15(23-3)11-16(17)18/h4-6,11-13,20H,7-10H2,1-3H3. The van der Waals surface area contributed by atoms with E-state index in [1.165, 1.54) is 16.5 Å². The maximum atomic E-state index is 12.2. The Morgan fingerprint density at radius 2 is 2.22 bits per heavy atom. The molecule has 0 radical (unpaired) electrons. The second-order valence-corrected chi connectivity index (χ2v) is 6.53. The summed E-state index contributed by atoms with van der Waals surface area (Å²) in [6, 6.07) is 6.07. The number of benzene rings is 1. The van der Waals surface area contributed by atoms with Crippen LogP contribution in [0.3, 0.4) is 0 Å². The summed E-state index contributed by atoms with van der Waals surface area (Å²) in [7, 11) is 1.69. The number of rotatable bonds is 4. The van der Waals surface area contributed by atoms with E-state index < -0.39 is 0 Å². The number of nitrogens with one attached hydrogen (secondary N) is 1. The second-order valence-electron chi connectivity index (χ2n) is 6.53. The first-order valence-corrected chi connectivity index (χ1v) is 8.20. The van der Waals surface area contributed by atoms with Crippen LogP contribution in [0.2, 0.25) is 0 Å². The second kappa shape index (κ2) is 6.49. The molecule has 3 rings (SSSR count). The van der Waals surface area contributed by atoms with Gasteiger partial charge in [0.15, 0.2) is 0 Å². The maximum Gasteiger partial charge on any atom is 0.223 e. The van der Waals surface area contributed by atoms with Gasteiger partial charge in [0, 0.05) is 42.2 Å². The highest BCUT2D eigenvalue weighted by molar-refractivity contribution is 5.94. The number of methoxy groups -OCH3 is 1. The van der Waals surface area contributed by atoms with Crippen LogP contribution in [0.15, 0.2) is 30.5 Å². The number of aromatic amines is 1. The van der Waals surface area contributed by atoms with Crippen molar-refractivity contribution in [1.29, 1.82) is 0 Å². The number of carbonyl (C=O) groups excluding carboxylic acids is 1. The van der Waals surface area contributed by atoms with Crippen molar-refractivity contribution >= 4 is 22.4 Å². The van der Waals surface area contributed by atoms with E-state index in [-0.39, 0.29) is 5.91 Å². The van der Waals surface area contributed by atoms with Gasteiger partial charge < -0.3 is 14.6 Å². The SMILES string of the molecule is COc1ccc2[nH]cc(C3=CCN(C(=O)CC(C)C)CC3)c2c1. The lowest BCUT2D eigenvalue weighted by Gasteiger charge is -2.27. The van der Waals surface area contributed by atoms with Crippen molar-refractivity contribution in [2.24, 2.45) is 5.92 Å². The summed E-state index contributed by atoms with van der Waals surface area (Å²) in [5, 5.41) is 1.18. The zero-order valence-corrected chi connectivity index (χ0v) is 14.1. The number of hydrogen-bond acceptors (Lipinski definition) is 2. The quantitative estimate of drug-likeness (QED) is 0.932. The average molecular weight is 312 g/mol. The lowest BCUT2D eigenvalue weighted by Crippen LogP contribution is -2.35. The van der Waals surface area contributed by atoms with Crippen LogP contribution in [0, 0.1) is 5.92 Å². The van der Waals surface area contributed by atoms with E-state index >= 15 is 0 Å². The molecule has 0 fully saturated rings. The smallest absolute Gasteiger partial charge is 0.223 e. The molecule has 0 bridgehead atoms. The largest absolute Gasteiger partial charge is 0.497 e. The summed E-state index contributed by atoms with van der Waals surface area (Å²) < 4.78 is 5.33. The van der Waals surface area contributed by atoms with Gasteiger partial charge in [0.25, 0.3) is 0 Å². The zero-order chi connectivity index (χ0) is 16.4. The van der Waals surface area contributed by atoms with Crippen molar-refractivity contribution in [3.63, 3.8) is 0 Å². The fraction of sp³-hybridized carbons (Fsp3) is 0.421. The van der Waals surface area contributed by atoms with E-state index in [0.29, 0.717) is 18.9 Å². The molecule has 0 saturated carbocycles. The van der Waals surface area contributed by atoms with Gasteiger partial charge in [-0.15, -0.1) is 0 Å². The molecule has 2 aromatic rings. The van der Waals surface area contributed by atoms with Crippen LogP contribution in [-0.4, -0.2) is 36.0 Å². The van der Waals surface area contributed by atoms with Crippen LogP contribution in [0.5, 0.6) is 5.75 Å². The maximum absolute atomic E-state index is 12.2. The van der Waals surface area contributed by atoms with Crippen molar-refractivity contribution < 1.29 is 9.53 Å². The Morgan fingerprint density at radius 3 is 2.87 bits per heavy atom. The number of hydrogen-bond donors (Lipinski definition) is 1. The van der Waals surface area contributed by atoms with Crippen LogP contribution < -0.4 is 4.74 Å². The highest BCUT2D eigenvalue weighted by Gasteiger charge is 2.20. The van der Waals surface area contributed by atoms with Gasteiger partial charge in [0.2, 0.25) is 5.91 Å². The predicted molar refractivity (Wildman–Crippen MR) is 93.5 cm³/mol. The third-order valence-corrected chi connectivity index (χ3v) is 4.38. The first kappa shape index (κ1) is 15.7. The number of fused-ring (bicyclic) bond motifs is 1. The van der Waals surface area contributed by atoms with E-state index in [0.717, 1.165) is 24.2 Å². The van der Waals surface area contributed by atoms with Gasteiger partial charge in [-0.2, -0.15) is 0 Å². The van der Waals surface area contributed by atoms with Crippen LogP contribution in [-0.2, 0) is 4.79 Å². The highest BCUT2D eigenvalue weighted by Crippen LogP contribution is 2.31.